The third-order valence-electron chi connectivity index (χ3n) is 5.02. The van der Waals surface area contributed by atoms with Gasteiger partial charge in [0.2, 0.25) is 0 Å². The lowest BCUT2D eigenvalue weighted by Crippen LogP contribution is -2.28. The average molecular weight is 322 g/mol. The highest BCUT2D eigenvalue weighted by Crippen LogP contribution is 2.50. The van der Waals surface area contributed by atoms with E-state index in [2.05, 4.69) is 46.0 Å². The van der Waals surface area contributed by atoms with Gasteiger partial charge in [0.1, 0.15) is 0 Å². The molecule has 1 nitrogen and oxygen atoms in total. The van der Waals surface area contributed by atoms with Gasteiger partial charge >= 0.3 is 0 Å². The summed E-state index contributed by atoms with van der Waals surface area (Å²) in [5.41, 5.74) is 3.63. The fraction of sp³-hybridized carbons (Fsp3) is 0.647. The number of halogens is 1. The summed E-state index contributed by atoms with van der Waals surface area (Å²) in [5.74, 6) is 0. The zero-order valence-electron chi connectivity index (χ0n) is 11.9. The molecule has 0 bridgehead atoms. The molecule has 1 aromatic carbocycles. The topological polar surface area (TPSA) is 3.24 Å². The minimum atomic E-state index is 0.666. The van der Waals surface area contributed by atoms with Crippen molar-refractivity contribution in [3.05, 3.63) is 33.8 Å². The zero-order chi connectivity index (χ0) is 13.3. The van der Waals surface area contributed by atoms with Crippen molar-refractivity contribution in [2.45, 2.75) is 45.4 Å². The molecule has 0 radical (unpaired) electrons. The lowest BCUT2D eigenvalue weighted by Gasteiger charge is -2.23. The maximum Gasteiger partial charge on any atom is 0.0207 e. The van der Waals surface area contributed by atoms with Crippen molar-refractivity contribution in [3.8, 4) is 0 Å². The Morgan fingerprint density at radius 3 is 2.63 bits per heavy atom. The molecule has 1 heterocycles. The Kier molecular flexibility index (Phi) is 4.00. The summed E-state index contributed by atoms with van der Waals surface area (Å²) in [7, 11) is 0. The Labute approximate surface area is 125 Å². The molecule has 2 fully saturated rings. The van der Waals surface area contributed by atoms with Crippen molar-refractivity contribution < 1.29 is 0 Å². The molecule has 3 rings (SSSR count). The number of hydrogen-bond acceptors (Lipinski definition) is 1. The smallest absolute Gasteiger partial charge is 0.0207 e. The number of benzene rings is 1. The van der Waals surface area contributed by atoms with E-state index in [-0.39, 0.29) is 0 Å². The Morgan fingerprint density at radius 2 is 1.95 bits per heavy atom. The summed E-state index contributed by atoms with van der Waals surface area (Å²) in [6.07, 6.45) is 8.37. The molecule has 1 aliphatic carbocycles. The first-order chi connectivity index (χ1) is 9.19. The molecule has 1 aromatic rings. The standard InChI is InChI=1S/C17H24BrN/c1-14-15(5-4-6-16(14)18)7-8-17(9-10-17)13-19-11-2-3-12-19/h4-6H,2-3,7-13H2,1H3. The van der Waals surface area contributed by atoms with E-state index in [4.69, 9.17) is 0 Å². The Balaban J connectivity index is 1.58. The Morgan fingerprint density at radius 1 is 1.21 bits per heavy atom. The lowest BCUT2D eigenvalue weighted by molar-refractivity contribution is 0.254. The van der Waals surface area contributed by atoms with E-state index >= 15 is 0 Å². The van der Waals surface area contributed by atoms with Gasteiger partial charge in [-0.2, -0.15) is 0 Å². The molecule has 0 aromatic heterocycles. The summed E-state index contributed by atoms with van der Waals surface area (Å²) >= 11 is 3.64. The van der Waals surface area contributed by atoms with Crippen LogP contribution in [0.3, 0.4) is 0 Å². The summed E-state index contributed by atoms with van der Waals surface area (Å²) in [5, 5.41) is 0. The first-order valence-electron chi connectivity index (χ1n) is 7.65. The van der Waals surface area contributed by atoms with E-state index in [1.807, 2.05) is 0 Å². The highest BCUT2D eigenvalue weighted by molar-refractivity contribution is 9.10. The second-order valence-corrected chi connectivity index (χ2v) is 7.36. The molecular formula is C17H24BrN. The zero-order valence-corrected chi connectivity index (χ0v) is 13.5. The van der Waals surface area contributed by atoms with Crippen LogP contribution in [0.1, 0.15) is 43.2 Å². The van der Waals surface area contributed by atoms with Crippen LogP contribution in [0.5, 0.6) is 0 Å². The van der Waals surface area contributed by atoms with Crippen molar-refractivity contribution in [2.24, 2.45) is 5.41 Å². The van der Waals surface area contributed by atoms with Crippen LogP contribution in [0.4, 0.5) is 0 Å². The lowest BCUT2D eigenvalue weighted by atomic mass is 9.94. The molecule has 0 amide bonds. The van der Waals surface area contributed by atoms with Gasteiger partial charge in [-0.25, -0.2) is 0 Å². The predicted molar refractivity (Wildman–Crippen MR) is 84.5 cm³/mol. The van der Waals surface area contributed by atoms with Crippen LogP contribution < -0.4 is 0 Å². The molecular weight excluding hydrogens is 298 g/mol. The van der Waals surface area contributed by atoms with E-state index in [9.17, 15) is 0 Å². The van der Waals surface area contributed by atoms with Crippen molar-refractivity contribution in [1.82, 2.24) is 4.90 Å². The molecule has 19 heavy (non-hydrogen) atoms. The number of likely N-dealkylation sites (tertiary alicyclic amines) is 1. The third kappa shape index (κ3) is 3.22. The van der Waals surface area contributed by atoms with Gasteiger partial charge in [0.25, 0.3) is 0 Å². The fourth-order valence-electron chi connectivity index (χ4n) is 3.40. The van der Waals surface area contributed by atoms with Crippen LogP contribution in [0.2, 0.25) is 0 Å². The fourth-order valence-corrected chi connectivity index (χ4v) is 3.81. The second-order valence-electron chi connectivity index (χ2n) is 6.51. The highest BCUT2D eigenvalue weighted by atomic mass is 79.9. The van der Waals surface area contributed by atoms with E-state index < -0.39 is 0 Å². The van der Waals surface area contributed by atoms with Gasteiger partial charge in [0, 0.05) is 11.0 Å². The molecule has 1 saturated carbocycles. The van der Waals surface area contributed by atoms with E-state index in [1.165, 1.54) is 73.8 Å². The van der Waals surface area contributed by atoms with Crippen molar-refractivity contribution in [1.29, 1.82) is 0 Å². The first-order valence-corrected chi connectivity index (χ1v) is 8.44. The third-order valence-corrected chi connectivity index (χ3v) is 5.88. The van der Waals surface area contributed by atoms with Gasteiger partial charge < -0.3 is 4.90 Å². The van der Waals surface area contributed by atoms with Crippen molar-refractivity contribution in [2.75, 3.05) is 19.6 Å². The minimum Gasteiger partial charge on any atom is -0.303 e. The maximum atomic E-state index is 3.64. The van der Waals surface area contributed by atoms with E-state index in [1.54, 1.807) is 0 Å². The van der Waals surface area contributed by atoms with Crippen LogP contribution in [-0.2, 0) is 6.42 Å². The van der Waals surface area contributed by atoms with Gasteiger partial charge in [0.15, 0.2) is 0 Å². The van der Waals surface area contributed by atoms with Crippen LogP contribution in [0.15, 0.2) is 22.7 Å². The average Bonchev–Trinajstić information content (AvgIpc) is 2.96. The Bertz CT molecular complexity index is 445. The monoisotopic (exact) mass is 321 g/mol. The quantitative estimate of drug-likeness (QED) is 0.768. The van der Waals surface area contributed by atoms with Gasteiger partial charge in [-0.3, -0.25) is 0 Å². The SMILES string of the molecule is Cc1c(Br)cccc1CCC1(CN2CCCC2)CC1. The summed E-state index contributed by atoms with van der Waals surface area (Å²) in [6.45, 7) is 6.29. The minimum absolute atomic E-state index is 0.666. The molecule has 2 aliphatic rings. The van der Waals surface area contributed by atoms with Gasteiger partial charge in [-0.1, -0.05) is 28.1 Å². The maximum absolute atomic E-state index is 3.64. The largest absolute Gasteiger partial charge is 0.303 e. The van der Waals surface area contributed by atoms with Crippen LogP contribution in [0, 0.1) is 12.3 Å². The van der Waals surface area contributed by atoms with E-state index in [0.29, 0.717) is 5.41 Å². The molecule has 0 unspecified atom stereocenters. The molecule has 0 spiro atoms. The number of rotatable bonds is 5. The normalized spacial score (nSPS) is 21.8. The molecule has 1 aliphatic heterocycles. The van der Waals surface area contributed by atoms with Gasteiger partial charge in [-0.15, -0.1) is 0 Å². The first kappa shape index (κ1) is 13.6. The van der Waals surface area contributed by atoms with Crippen LogP contribution in [-0.4, -0.2) is 24.5 Å². The number of aryl methyl sites for hydroxylation is 1. The van der Waals surface area contributed by atoms with Crippen molar-refractivity contribution in [3.63, 3.8) is 0 Å². The molecule has 1 saturated heterocycles. The molecule has 0 N–H and O–H groups in total. The van der Waals surface area contributed by atoms with Crippen LogP contribution >= 0.6 is 15.9 Å². The number of hydrogen-bond donors (Lipinski definition) is 0. The van der Waals surface area contributed by atoms with Crippen molar-refractivity contribution >= 4 is 15.9 Å². The molecule has 104 valence electrons. The number of nitrogens with zero attached hydrogens (tertiary/aromatic N) is 1. The van der Waals surface area contributed by atoms with E-state index in [0.717, 1.165) is 0 Å². The predicted octanol–water partition coefficient (Wildman–Crippen LogP) is 4.57. The summed E-state index contributed by atoms with van der Waals surface area (Å²) < 4.78 is 1.26. The van der Waals surface area contributed by atoms with Gasteiger partial charge in [0.05, 0.1) is 0 Å². The molecule has 0 atom stereocenters. The Hall–Kier alpha value is -0.340. The summed E-state index contributed by atoms with van der Waals surface area (Å²) in [4.78, 5) is 2.70. The highest BCUT2D eigenvalue weighted by Gasteiger charge is 2.43. The molecule has 2 heteroatoms. The second kappa shape index (κ2) is 5.57. The summed E-state index contributed by atoms with van der Waals surface area (Å²) in [6, 6.07) is 6.62. The van der Waals surface area contributed by atoms with Crippen LogP contribution in [0.25, 0.3) is 0 Å². The van der Waals surface area contributed by atoms with Gasteiger partial charge in [-0.05, 0) is 81.1 Å².